The zero-order chi connectivity index (χ0) is 21.6. The number of fused-ring (bicyclic) bond motifs is 4. The lowest BCUT2D eigenvalue weighted by Crippen LogP contribution is -2.46. The Morgan fingerprint density at radius 3 is 2.61 bits per heavy atom. The summed E-state index contributed by atoms with van der Waals surface area (Å²) in [5.74, 6) is 1.04. The Morgan fingerprint density at radius 1 is 1.10 bits per heavy atom. The maximum atomic E-state index is 13.9. The number of carbonyl (C=O) groups excluding carboxylic acids is 2. The third-order valence-electron chi connectivity index (χ3n) is 6.23. The molecule has 5 rings (SSSR count). The van der Waals surface area contributed by atoms with Crippen LogP contribution in [0.15, 0.2) is 54.7 Å². The molecule has 0 fully saturated rings. The number of nitrogens with zero attached hydrogens (tertiary/aromatic N) is 3. The number of methoxy groups -OCH3 is 1. The van der Waals surface area contributed by atoms with Gasteiger partial charge in [0.2, 0.25) is 11.8 Å². The standard InChI is InChI=1S/C24H24N4O3/c1-3-4-13-27-20-8-6-5-7-18(20)24(23(27)30)14-21(29)26-22-19(24)15-25-28(22)16-9-11-17(31-2)12-10-16/h5-12,15H,3-4,13-14H2,1-2H3,(H,26,29)/t24-/m1/s1. The minimum atomic E-state index is -1.05. The predicted octanol–water partition coefficient (Wildman–Crippen LogP) is 3.66. The summed E-state index contributed by atoms with van der Waals surface area (Å²) < 4.78 is 6.92. The average molecular weight is 416 g/mol. The fourth-order valence-electron chi connectivity index (χ4n) is 4.71. The van der Waals surface area contributed by atoms with E-state index in [1.54, 1.807) is 18.0 Å². The highest BCUT2D eigenvalue weighted by Crippen LogP contribution is 2.52. The SMILES string of the molecule is CCCCN1C(=O)[C@]2(CC(=O)Nc3c2cnn3-c2ccc(OC)cc2)c2ccccc21. The summed E-state index contributed by atoms with van der Waals surface area (Å²) in [4.78, 5) is 28.6. The molecule has 0 unspecified atom stereocenters. The molecule has 1 aromatic heterocycles. The third-order valence-corrected chi connectivity index (χ3v) is 6.23. The number of rotatable bonds is 5. The van der Waals surface area contributed by atoms with Crippen molar-refractivity contribution in [3.8, 4) is 11.4 Å². The zero-order valence-electron chi connectivity index (χ0n) is 17.6. The summed E-state index contributed by atoms with van der Waals surface area (Å²) in [5, 5.41) is 7.52. The highest BCUT2D eigenvalue weighted by Gasteiger charge is 2.56. The van der Waals surface area contributed by atoms with Gasteiger partial charge in [0.1, 0.15) is 17.0 Å². The highest BCUT2D eigenvalue weighted by molar-refractivity contribution is 6.15. The van der Waals surface area contributed by atoms with Crippen LogP contribution >= 0.6 is 0 Å². The summed E-state index contributed by atoms with van der Waals surface area (Å²) in [6.07, 6.45) is 3.68. The second-order valence-electron chi connectivity index (χ2n) is 7.97. The number of amides is 2. The van der Waals surface area contributed by atoms with Crippen molar-refractivity contribution in [2.75, 3.05) is 23.9 Å². The molecule has 31 heavy (non-hydrogen) atoms. The summed E-state index contributed by atoms with van der Waals surface area (Å²) in [7, 11) is 1.61. The van der Waals surface area contributed by atoms with Gasteiger partial charge in [0, 0.05) is 24.2 Å². The summed E-state index contributed by atoms with van der Waals surface area (Å²) in [6.45, 7) is 2.74. The number of unbranched alkanes of at least 4 members (excludes halogenated alkanes) is 1. The lowest BCUT2D eigenvalue weighted by atomic mass is 9.72. The van der Waals surface area contributed by atoms with Crippen molar-refractivity contribution in [2.24, 2.45) is 0 Å². The van der Waals surface area contributed by atoms with Gasteiger partial charge >= 0.3 is 0 Å². The Bertz CT molecular complexity index is 1170. The molecule has 0 saturated carbocycles. The quantitative estimate of drug-likeness (QED) is 0.689. The Morgan fingerprint density at radius 2 is 1.87 bits per heavy atom. The molecule has 1 spiro atoms. The number of hydrogen-bond acceptors (Lipinski definition) is 4. The van der Waals surface area contributed by atoms with Gasteiger partial charge in [-0.3, -0.25) is 9.59 Å². The molecule has 0 aliphatic carbocycles. The molecule has 2 aliphatic rings. The van der Waals surface area contributed by atoms with Crippen LogP contribution in [0.3, 0.4) is 0 Å². The van der Waals surface area contributed by atoms with Gasteiger partial charge in [-0.05, 0) is 42.3 Å². The third kappa shape index (κ3) is 2.76. The predicted molar refractivity (Wildman–Crippen MR) is 118 cm³/mol. The van der Waals surface area contributed by atoms with Crippen LogP contribution in [0.1, 0.15) is 37.3 Å². The first-order valence-corrected chi connectivity index (χ1v) is 10.5. The first kappa shape index (κ1) is 19.4. The van der Waals surface area contributed by atoms with Gasteiger partial charge < -0.3 is 15.0 Å². The topological polar surface area (TPSA) is 76.5 Å². The number of benzene rings is 2. The van der Waals surface area contributed by atoms with Crippen molar-refractivity contribution in [2.45, 2.75) is 31.6 Å². The van der Waals surface area contributed by atoms with Gasteiger partial charge in [0.05, 0.1) is 19.0 Å². The fraction of sp³-hybridized carbons (Fsp3) is 0.292. The van der Waals surface area contributed by atoms with Crippen molar-refractivity contribution < 1.29 is 14.3 Å². The van der Waals surface area contributed by atoms with Crippen LogP contribution in [-0.4, -0.2) is 35.2 Å². The number of carbonyl (C=O) groups is 2. The zero-order valence-corrected chi connectivity index (χ0v) is 17.6. The molecule has 0 bridgehead atoms. The van der Waals surface area contributed by atoms with Crippen LogP contribution in [-0.2, 0) is 15.0 Å². The van der Waals surface area contributed by atoms with Crippen molar-refractivity contribution in [3.05, 3.63) is 65.9 Å². The van der Waals surface area contributed by atoms with Gasteiger partial charge in [-0.25, -0.2) is 4.68 Å². The van der Waals surface area contributed by atoms with E-state index >= 15 is 0 Å². The average Bonchev–Trinajstić information content (AvgIpc) is 3.31. The minimum Gasteiger partial charge on any atom is -0.497 e. The second-order valence-corrected chi connectivity index (χ2v) is 7.97. The van der Waals surface area contributed by atoms with E-state index in [0.717, 1.165) is 41.1 Å². The number of ether oxygens (including phenoxy) is 1. The summed E-state index contributed by atoms with van der Waals surface area (Å²) in [5.41, 5.74) is 2.23. The summed E-state index contributed by atoms with van der Waals surface area (Å²) >= 11 is 0. The van der Waals surface area contributed by atoms with Crippen molar-refractivity contribution in [1.29, 1.82) is 0 Å². The van der Waals surface area contributed by atoms with Crippen molar-refractivity contribution >= 4 is 23.3 Å². The first-order valence-electron chi connectivity index (χ1n) is 10.5. The molecule has 3 aromatic rings. The highest BCUT2D eigenvalue weighted by atomic mass is 16.5. The summed E-state index contributed by atoms with van der Waals surface area (Å²) in [6, 6.07) is 15.2. The number of aromatic nitrogens is 2. The minimum absolute atomic E-state index is 0.0486. The number of nitrogens with one attached hydrogen (secondary N) is 1. The first-order chi connectivity index (χ1) is 15.1. The molecule has 3 heterocycles. The number of hydrogen-bond donors (Lipinski definition) is 1. The maximum Gasteiger partial charge on any atom is 0.242 e. The van der Waals surface area contributed by atoms with Gasteiger partial charge in [-0.15, -0.1) is 0 Å². The van der Waals surface area contributed by atoms with Crippen molar-refractivity contribution in [3.63, 3.8) is 0 Å². The van der Waals surface area contributed by atoms with Gasteiger partial charge in [-0.1, -0.05) is 31.5 Å². The molecule has 7 heteroatoms. The van der Waals surface area contributed by atoms with Crippen LogP contribution in [0, 0.1) is 0 Å². The largest absolute Gasteiger partial charge is 0.497 e. The molecular formula is C24H24N4O3. The van der Waals surface area contributed by atoms with E-state index in [1.807, 2.05) is 53.4 Å². The van der Waals surface area contributed by atoms with E-state index in [0.29, 0.717) is 12.4 Å². The van der Waals surface area contributed by atoms with Crippen LogP contribution in [0.2, 0.25) is 0 Å². The van der Waals surface area contributed by atoms with Crippen LogP contribution in [0.4, 0.5) is 11.5 Å². The maximum absolute atomic E-state index is 13.9. The van der Waals surface area contributed by atoms with Crippen molar-refractivity contribution in [1.82, 2.24) is 9.78 Å². The molecule has 1 atom stereocenters. The smallest absolute Gasteiger partial charge is 0.242 e. The fourth-order valence-corrected chi connectivity index (χ4v) is 4.71. The molecule has 0 radical (unpaired) electrons. The Hall–Kier alpha value is -3.61. The molecule has 2 amide bonds. The Kier molecular flexibility index (Phi) is 4.54. The van der Waals surface area contributed by atoms with E-state index < -0.39 is 5.41 Å². The van der Waals surface area contributed by atoms with E-state index in [1.165, 1.54) is 0 Å². The molecule has 158 valence electrons. The van der Waals surface area contributed by atoms with E-state index in [4.69, 9.17) is 4.74 Å². The normalized spacial score (nSPS) is 19.4. The van der Waals surface area contributed by atoms with E-state index in [9.17, 15) is 9.59 Å². The van der Waals surface area contributed by atoms with E-state index in [2.05, 4.69) is 17.3 Å². The molecule has 1 N–H and O–H groups in total. The Balaban J connectivity index is 1.68. The molecule has 0 saturated heterocycles. The van der Waals surface area contributed by atoms with Gasteiger partial charge in [0.25, 0.3) is 0 Å². The monoisotopic (exact) mass is 416 g/mol. The van der Waals surface area contributed by atoms with E-state index in [-0.39, 0.29) is 18.2 Å². The molecule has 2 aliphatic heterocycles. The van der Waals surface area contributed by atoms with Crippen LogP contribution in [0.25, 0.3) is 5.69 Å². The van der Waals surface area contributed by atoms with Gasteiger partial charge in [0.15, 0.2) is 0 Å². The molecule has 7 nitrogen and oxygen atoms in total. The van der Waals surface area contributed by atoms with Crippen LogP contribution < -0.4 is 15.0 Å². The second kappa shape index (κ2) is 7.27. The number of para-hydroxylation sites is 1. The molecule has 2 aromatic carbocycles. The van der Waals surface area contributed by atoms with Crippen LogP contribution in [0.5, 0.6) is 5.75 Å². The lowest BCUT2D eigenvalue weighted by molar-refractivity contribution is -0.126. The van der Waals surface area contributed by atoms with Gasteiger partial charge in [-0.2, -0.15) is 5.10 Å². The Labute approximate surface area is 180 Å². The molecular weight excluding hydrogens is 392 g/mol. The lowest BCUT2D eigenvalue weighted by Gasteiger charge is -2.32. The number of anilines is 2.